The van der Waals surface area contributed by atoms with Gasteiger partial charge in [-0.3, -0.25) is 4.90 Å². The number of rotatable bonds is 2. The van der Waals surface area contributed by atoms with Crippen LogP contribution in [-0.2, 0) is 0 Å². The lowest BCUT2D eigenvalue weighted by molar-refractivity contribution is 0.180. The molecule has 1 unspecified atom stereocenters. The monoisotopic (exact) mass is 356 g/mol. The Morgan fingerprint density at radius 2 is 2.20 bits per heavy atom. The number of hydrogen-bond acceptors (Lipinski definition) is 6. The number of fused-ring (bicyclic) bond motifs is 4. The molecule has 3 aliphatic rings. The lowest BCUT2D eigenvalue weighted by atomic mass is 10.1. The minimum atomic E-state index is 0. The molecule has 3 aliphatic heterocycles. The molecule has 1 atom stereocenters. The predicted octanol–water partition coefficient (Wildman–Crippen LogP) is 2.48. The summed E-state index contributed by atoms with van der Waals surface area (Å²) in [6.07, 6.45) is 2.46. The van der Waals surface area contributed by atoms with Crippen LogP contribution in [0.2, 0.25) is 0 Å². The molecule has 3 saturated heterocycles. The smallest absolute Gasteiger partial charge is 0.268 e. The van der Waals surface area contributed by atoms with Crippen LogP contribution in [0, 0.1) is 0 Å². The highest BCUT2D eigenvalue weighted by Crippen LogP contribution is 2.29. The van der Waals surface area contributed by atoms with Gasteiger partial charge >= 0.3 is 0 Å². The van der Waals surface area contributed by atoms with E-state index in [-0.39, 0.29) is 23.0 Å². The first-order chi connectivity index (χ1) is 9.40. The van der Waals surface area contributed by atoms with Gasteiger partial charge in [0.2, 0.25) is 0 Å². The van der Waals surface area contributed by atoms with Gasteiger partial charge < -0.3 is 9.84 Å². The van der Waals surface area contributed by atoms with Crippen molar-refractivity contribution in [2.75, 3.05) is 19.6 Å². The van der Waals surface area contributed by atoms with Gasteiger partial charge in [0.1, 0.15) is 0 Å². The van der Waals surface area contributed by atoms with Crippen molar-refractivity contribution < 1.29 is 4.52 Å². The largest absolute Gasteiger partial charge is 0.333 e. The Bertz CT molecular complexity index is 550. The molecule has 0 aliphatic carbocycles. The molecule has 0 radical (unpaired) electrons. The Balaban J connectivity index is 0.00000121. The van der Waals surface area contributed by atoms with E-state index in [1.807, 2.05) is 17.5 Å². The van der Waals surface area contributed by atoms with Crippen molar-refractivity contribution >= 4 is 28.3 Å². The average molecular weight is 357 g/mol. The van der Waals surface area contributed by atoms with E-state index in [0.29, 0.717) is 11.9 Å². The van der Waals surface area contributed by atoms with Crippen LogP contribution in [0.15, 0.2) is 22.0 Å². The molecule has 1 N–H and O–H groups in total. The zero-order valence-electron chi connectivity index (χ0n) is 11.0. The summed E-state index contributed by atoms with van der Waals surface area (Å²) >= 11 is 1.63. The summed E-state index contributed by atoms with van der Waals surface area (Å²) in [5, 5.41) is 9.82. The van der Waals surface area contributed by atoms with Gasteiger partial charge in [0.25, 0.3) is 5.89 Å². The van der Waals surface area contributed by atoms with Gasteiger partial charge in [-0.2, -0.15) is 4.98 Å². The third-order valence-electron chi connectivity index (χ3n) is 4.04. The number of piperidine rings is 1. The van der Waals surface area contributed by atoms with E-state index in [0.717, 1.165) is 30.3 Å². The Labute approximate surface area is 132 Å². The van der Waals surface area contributed by atoms with Crippen LogP contribution >= 0.6 is 28.3 Å². The van der Waals surface area contributed by atoms with Gasteiger partial charge in [0.05, 0.1) is 10.9 Å². The number of nitrogens with zero attached hydrogens (tertiary/aromatic N) is 3. The molecule has 108 valence electrons. The second kappa shape index (κ2) is 5.93. The highest BCUT2D eigenvalue weighted by atomic mass is 79.9. The number of hydrogen-bond donors (Lipinski definition) is 1. The zero-order valence-corrected chi connectivity index (χ0v) is 13.5. The van der Waals surface area contributed by atoms with Crippen LogP contribution in [0.25, 0.3) is 10.8 Å². The van der Waals surface area contributed by atoms with Crippen LogP contribution in [0.3, 0.4) is 0 Å². The standard InChI is InChI=1S/C13H16N4OS.BrH/c1-2-11(19-7-1)13-15-12(16-18-13)10-8-14-9-3-5-17(10)6-4-9;/h1-2,7,9-10,14H,3-6,8H2;1H. The van der Waals surface area contributed by atoms with Crippen molar-refractivity contribution in [3.63, 3.8) is 0 Å². The van der Waals surface area contributed by atoms with Crippen molar-refractivity contribution in [1.29, 1.82) is 0 Å². The summed E-state index contributed by atoms with van der Waals surface area (Å²) in [4.78, 5) is 8.10. The molecule has 5 heterocycles. The zero-order chi connectivity index (χ0) is 12.7. The number of halogens is 1. The van der Waals surface area contributed by atoms with E-state index in [1.165, 1.54) is 12.8 Å². The lowest BCUT2D eigenvalue weighted by Gasteiger charge is -2.29. The first-order valence-corrected chi connectivity index (χ1v) is 7.63. The highest BCUT2D eigenvalue weighted by molar-refractivity contribution is 8.93. The predicted molar refractivity (Wildman–Crippen MR) is 83.3 cm³/mol. The number of thiophene rings is 1. The highest BCUT2D eigenvalue weighted by Gasteiger charge is 2.33. The van der Waals surface area contributed by atoms with Gasteiger partial charge in [0.15, 0.2) is 5.82 Å². The molecule has 0 spiro atoms. The second-order valence-corrected chi connectivity index (χ2v) is 6.12. The fraction of sp³-hybridized carbons (Fsp3) is 0.538. The van der Waals surface area contributed by atoms with E-state index >= 15 is 0 Å². The first-order valence-electron chi connectivity index (χ1n) is 6.75. The molecule has 3 fully saturated rings. The molecule has 2 aromatic rings. The topological polar surface area (TPSA) is 54.2 Å². The Morgan fingerprint density at radius 1 is 1.35 bits per heavy atom. The van der Waals surface area contributed by atoms with Crippen LogP contribution in [-0.4, -0.2) is 40.7 Å². The van der Waals surface area contributed by atoms with Crippen LogP contribution < -0.4 is 5.32 Å². The van der Waals surface area contributed by atoms with Gasteiger partial charge in [-0.15, -0.1) is 28.3 Å². The molecular formula is C13H17BrN4OS. The average Bonchev–Trinajstić information content (AvgIpc) is 3.05. The molecule has 2 bridgehead atoms. The van der Waals surface area contributed by atoms with Crippen molar-refractivity contribution in [2.45, 2.75) is 24.9 Å². The van der Waals surface area contributed by atoms with E-state index < -0.39 is 0 Å². The molecule has 5 nitrogen and oxygen atoms in total. The van der Waals surface area contributed by atoms with Gasteiger partial charge in [-0.1, -0.05) is 11.2 Å². The Kier molecular flexibility index (Phi) is 4.21. The Hall–Kier alpha value is -0.760. The van der Waals surface area contributed by atoms with Crippen molar-refractivity contribution in [3.05, 3.63) is 23.3 Å². The first kappa shape index (κ1) is 14.2. The van der Waals surface area contributed by atoms with Crippen molar-refractivity contribution in [1.82, 2.24) is 20.4 Å². The molecule has 0 saturated carbocycles. The molecule has 5 rings (SSSR count). The van der Waals surface area contributed by atoms with Crippen molar-refractivity contribution in [3.8, 4) is 10.8 Å². The fourth-order valence-corrected chi connectivity index (χ4v) is 3.59. The summed E-state index contributed by atoms with van der Waals surface area (Å²) in [5.74, 6) is 1.46. The quantitative estimate of drug-likeness (QED) is 0.895. The third-order valence-corrected chi connectivity index (χ3v) is 4.90. The van der Waals surface area contributed by atoms with Crippen LogP contribution in [0.1, 0.15) is 24.7 Å². The maximum atomic E-state index is 5.40. The molecule has 20 heavy (non-hydrogen) atoms. The summed E-state index contributed by atoms with van der Waals surface area (Å²) in [5.41, 5.74) is 0. The van der Waals surface area contributed by atoms with Gasteiger partial charge in [0, 0.05) is 25.7 Å². The maximum absolute atomic E-state index is 5.40. The van der Waals surface area contributed by atoms with E-state index in [2.05, 4.69) is 20.4 Å². The van der Waals surface area contributed by atoms with E-state index in [4.69, 9.17) is 4.52 Å². The summed E-state index contributed by atoms with van der Waals surface area (Å²) in [6.45, 7) is 3.19. The molecule has 2 aromatic heterocycles. The molecular weight excluding hydrogens is 340 g/mol. The van der Waals surface area contributed by atoms with Crippen LogP contribution in [0.5, 0.6) is 0 Å². The minimum Gasteiger partial charge on any atom is -0.333 e. The normalized spacial score (nSPS) is 28.9. The van der Waals surface area contributed by atoms with Gasteiger partial charge in [-0.05, 0) is 24.3 Å². The Morgan fingerprint density at radius 3 is 2.95 bits per heavy atom. The van der Waals surface area contributed by atoms with Gasteiger partial charge in [-0.25, -0.2) is 0 Å². The van der Waals surface area contributed by atoms with Crippen molar-refractivity contribution in [2.24, 2.45) is 0 Å². The molecule has 0 amide bonds. The summed E-state index contributed by atoms with van der Waals surface area (Å²) in [6, 6.07) is 4.94. The van der Waals surface area contributed by atoms with E-state index in [9.17, 15) is 0 Å². The third kappa shape index (κ3) is 2.55. The lowest BCUT2D eigenvalue weighted by Crippen LogP contribution is -2.36. The second-order valence-electron chi connectivity index (χ2n) is 5.17. The SMILES string of the molecule is Br.c1csc(-c2nc(C3CNC4CCN3CC4)no2)c1. The van der Waals surface area contributed by atoms with E-state index in [1.54, 1.807) is 11.3 Å². The maximum Gasteiger partial charge on any atom is 0.268 e. The minimum absolute atomic E-state index is 0. The molecule has 0 aromatic carbocycles. The van der Waals surface area contributed by atoms with Crippen LogP contribution in [0.4, 0.5) is 0 Å². The number of aromatic nitrogens is 2. The molecule has 7 heteroatoms. The number of nitrogens with one attached hydrogen (secondary N) is 1. The fourth-order valence-electron chi connectivity index (χ4n) is 2.95. The summed E-state index contributed by atoms with van der Waals surface area (Å²) in [7, 11) is 0. The summed E-state index contributed by atoms with van der Waals surface area (Å²) < 4.78 is 5.40.